The first kappa shape index (κ1) is 15.8. The SMILES string of the molecule is CCNC(COc1cccc(Cl)c1)Cc1ccc(F)cc1. The first-order valence-corrected chi connectivity index (χ1v) is 7.41. The van der Waals surface area contributed by atoms with Crippen LogP contribution in [0.5, 0.6) is 5.75 Å². The molecule has 1 unspecified atom stereocenters. The van der Waals surface area contributed by atoms with E-state index in [9.17, 15) is 4.39 Å². The van der Waals surface area contributed by atoms with E-state index >= 15 is 0 Å². The molecule has 112 valence electrons. The number of halogens is 2. The predicted molar refractivity (Wildman–Crippen MR) is 84.5 cm³/mol. The van der Waals surface area contributed by atoms with Crippen LogP contribution in [0.25, 0.3) is 0 Å². The van der Waals surface area contributed by atoms with E-state index in [2.05, 4.69) is 12.2 Å². The fourth-order valence-electron chi connectivity index (χ4n) is 2.14. The molecule has 1 atom stereocenters. The number of hydrogen-bond donors (Lipinski definition) is 1. The average Bonchev–Trinajstić information content (AvgIpc) is 2.47. The molecule has 0 aliphatic carbocycles. The molecule has 1 N–H and O–H groups in total. The van der Waals surface area contributed by atoms with Gasteiger partial charge in [-0.25, -0.2) is 4.39 Å². The Hall–Kier alpha value is -1.58. The summed E-state index contributed by atoms with van der Waals surface area (Å²) in [4.78, 5) is 0. The van der Waals surface area contributed by atoms with Gasteiger partial charge in [0.25, 0.3) is 0 Å². The highest BCUT2D eigenvalue weighted by Gasteiger charge is 2.10. The Labute approximate surface area is 129 Å². The van der Waals surface area contributed by atoms with Crippen LogP contribution in [0.1, 0.15) is 12.5 Å². The van der Waals surface area contributed by atoms with Crippen molar-refractivity contribution in [1.82, 2.24) is 5.32 Å². The monoisotopic (exact) mass is 307 g/mol. The zero-order valence-corrected chi connectivity index (χ0v) is 12.7. The van der Waals surface area contributed by atoms with E-state index in [-0.39, 0.29) is 11.9 Å². The average molecular weight is 308 g/mol. The molecule has 0 fully saturated rings. The van der Waals surface area contributed by atoms with Gasteiger partial charge in [-0.05, 0) is 48.9 Å². The molecule has 0 saturated carbocycles. The summed E-state index contributed by atoms with van der Waals surface area (Å²) in [6.07, 6.45) is 0.786. The van der Waals surface area contributed by atoms with Gasteiger partial charge in [0.1, 0.15) is 18.2 Å². The van der Waals surface area contributed by atoms with Gasteiger partial charge >= 0.3 is 0 Å². The van der Waals surface area contributed by atoms with Crippen molar-refractivity contribution in [3.63, 3.8) is 0 Å². The minimum Gasteiger partial charge on any atom is -0.492 e. The minimum absolute atomic E-state index is 0.166. The predicted octanol–water partition coefficient (Wildman–Crippen LogP) is 4.08. The topological polar surface area (TPSA) is 21.3 Å². The molecule has 0 bridgehead atoms. The summed E-state index contributed by atoms with van der Waals surface area (Å²) in [7, 11) is 0. The molecular formula is C17H19ClFNO. The smallest absolute Gasteiger partial charge is 0.123 e. The van der Waals surface area contributed by atoms with Crippen molar-refractivity contribution >= 4 is 11.6 Å². The van der Waals surface area contributed by atoms with Crippen molar-refractivity contribution in [1.29, 1.82) is 0 Å². The molecule has 0 aliphatic rings. The lowest BCUT2D eigenvalue weighted by atomic mass is 10.1. The van der Waals surface area contributed by atoms with E-state index in [1.54, 1.807) is 18.2 Å². The number of benzene rings is 2. The summed E-state index contributed by atoms with van der Waals surface area (Å²) in [5, 5.41) is 4.04. The molecule has 2 rings (SSSR count). The van der Waals surface area contributed by atoms with E-state index in [4.69, 9.17) is 16.3 Å². The molecule has 2 aromatic rings. The Morgan fingerprint density at radius 1 is 1.19 bits per heavy atom. The van der Waals surface area contributed by atoms with E-state index < -0.39 is 0 Å². The fourth-order valence-corrected chi connectivity index (χ4v) is 2.32. The Balaban J connectivity index is 1.93. The molecule has 4 heteroatoms. The van der Waals surface area contributed by atoms with Crippen LogP contribution in [0.15, 0.2) is 48.5 Å². The van der Waals surface area contributed by atoms with Crippen molar-refractivity contribution in [3.8, 4) is 5.75 Å². The highest BCUT2D eigenvalue weighted by atomic mass is 35.5. The molecule has 0 spiro atoms. The van der Waals surface area contributed by atoms with Crippen LogP contribution in [-0.2, 0) is 6.42 Å². The lowest BCUT2D eigenvalue weighted by Crippen LogP contribution is -2.36. The first-order valence-electron chi connectivity index (χ1n) is 7.03. The molecule has 0 aliphatic heterocycles. The summed E-state index contributed by atoms with van der Waals surface area (Å²) in [6.45, 7) is 3.44. The Bertz CT molecular complexity index is 559. The first-order chi connectivity index (χ1) is 10.2. The van der Waals surface area contributed by atoms with Crippen molar-refractivity contribution in [2.45, 2.75) is 19.4 Å². The van der Waals surface area contributed by atoms with E-state index in [1.807, 2.05) is 18.2 Å². The third-order valence-electron chi connectivity index (χ3n) is 3.14. The molecule has 0 heterocycles. The van der Waals surface area contributed by atoms with Crippen LogP contribution in [0.3, 0.4) is 0 Å². The largest absolute Gasteiger partial charge is 0.492 e. The number of likely N-dealkylation sites (N-methyl/N-ethyl adjacent to an activating group) is 1. The van der Waals surface area contributed by atoms with Gasteiger partial charge in [0.2, 0.25) is 0 Å². The fraction of sp³-hybridized carbons (Fsp3) is 0.294. The van der Waals surface area contributed by atoms with Gasteiger partial charge in [-0.3, -0.25) is 0 Å². The van der Waals surface area contributed by atoms with E-state index in [1.165, 1.54) is 12.1 Å². The van der Waals surface area contributed by atoms with Gasteiger partial charge in [-0.1, -0.05) is 36.7 Å². The molecule has 0 amide bonds. The van der Waals surface area contributed by atoms with Crippen LogP contribution in [0, 0.1) is 5.82 Å². The lowest BCUT2D eigenvalue weighted by Gasteiger charge is -2.19. The molecule has 2 nitrogen and oxygen atoms in total. The minimum atomic E-state index is -0.214. The molecule has 21 heavy (non-hydrogen) atoms. The quantitative estimate of drug-likeness (QED) is 0.832. The van der Waals surface area contributed by atoms with E-state index in [0.717, 1.165) is 24.3 Å². The Morgan fingerprint density at radius 2 is 1.95 bits per heavy atom. The lowest BCUT2D eigenvalue weighted by molar-refractivity contribution is 0.265. The summed E-state index contributed by atoms with van der Waals surface area (Å²) >= 11 is 5.93. The maximum atomic E-state index is 12.9. The molecular weight excluding hydrogens is 289 g/mol. The van der Waals surface area contributed by atoms with Crippen LogP contribution < -0.4 is 10.1 Å². The van der Waals surface area contributed by atoms with Gasteiger partial charge in [-0.2, -0.15) is 0 Å². The number of rotatable bonds is 7. The summed E-state index contributed by atoms with van der Waals surface area (Å²) in [5.74, 6) is 0.540. The Kier molecular flexibility index (Phi) is 6.03. The summed E-state index contributed by atoms with van der Waals surface area (Å²) < 4.78 is 18.7. The Morgan fingerprint density at radius 3 is 2.62 bits per heavy atom. The highest BCUT2D eigenvalue weighted by molar-refractivity contribution is 6.30. The molecule has 0 aromatic heterocycles. The van der Waals surface area contributed by atoms with Crippen molar-refractivity contribution < 1.29 is 9.13 Å². The summed E-state index contributed by atoms with van der Waals surface area (Å²) in [6, 6.07) is 14.1. The zero-order chi connectivity index (χ0) is 15.1. The second kappa shape index (κ2) is 8.01. The number of nitrogens with one attached hydrogen (secondary N) is 1. The van der Waals surface area contributed by atoms with Crippen molar-refractivity contribution in [2.24, 2.45) is 0 Å². The van der Waals surface area contributed by atoms with Crippen molar-refractivity contribution in [2.75, 3.05) is 13.2 Å². The van der Waals surface area contributed by atoms with Gasteiger partial charge in [0, 0.05) is 11.1 Å². The molecule has 0 radical (unpaired) electrons. The third-order valence-corrected chi connectivity index (χ3v) is 3.37. The second-order valence-electron chi connectivity index (χ2n) is 4.85. The van der Waals surface area contributed by atoms with Crippen LogP contribution >= 0.6 is 11.6 Å². The molecule has 0 saturated heterocycles. The van der Waals surface area contributed by atoms with Crippen molar-refractivity contribution in [3.05, 3.63) is 64.9 Å². The van der Waals surface area contributed by atoms with Gasteiger partial charge in [0.05, 0.1) is 0 Å². The van der Waals surface area contributed by atoms with Crippen LogP contribution in [0.2, 0.25) is 5.02 Å². The van der Waals surface area contributed by atoms with Gasteiger partial charge in [-0.15, -0.1) is 0 Å². The maximum Gasteiger partial charge on any atom is 0.123 e. The maximum absolute atomic E-state index is 12.9. The highest BCUT2D eigenvalue weighted by Crippen LogP contribution is 2.17. The van der Waals surface area contributed by atoms with Crippen LogP contribution in [-0.4, -0.2) is 19.2 Å². The zero-order valence-electron chi connectivity index (χ0n) is 12.0. The van der Waals surface area contributed by atoms with Crippen LogP contribution in [0.4, 0.5) is 4.39 Å². The third kappa shape index (κ3) is 5.37. The van der Waals surface area contributed by atoms with Gasteiger partial charge < -0.3 is 10.1 Å². The normalized spacial score (nSPS) is 12.1. The van der Waals surface area contributed by atoms with Gasteiger partial charge in [0.15, 0.2) is 0 Å². The van der Waals surface area contributed by atoms with E-state index in [0.29, 0.717) is 11.6 Å². The number of hydrogen-bond acceptors (Lipinski definition) is 2. The standard InChI is InChI=1S/C17H19ClFNO/c1-2-20-16(10-13-6-8-15(19)9-7-13)12-21-17-5-3-4-14(18)11-17/h3-9,11,16,20H,2,10,12H2,1H3. The molecule has 2 aromatic carbocycles. The second-order valence-corrected chi connectivity index (χ2v) is 5.29. The summed E-state index contributed by atoms with van der Waals surface area (Å²) in [5.41, 5.74) is 1.08. The number of ether oxygens (including phenoxy) is 1.